The van der Waals surface area contributed by atoms with E-state index in [1.54, 1.807) is 0 Å². The van der Waals surface area contributed by atoms with Crippen LogP contribution in [0.15, 0.2) is 30.3 Å². The number of hydrogen-bond acceptors (Lipinski definition) is 2. The molecule has 1 aromatic rings. The Morgan fingerprint density at radius 2 is 2.00 bits per heavy atom. The van der Waals surface area contributed by atoms with Crippen LogP contribution < -0.4 is 5.84 Å². The second kappa shape index (κ2) is 6.28. The fourth-order valence-corrected chi connectivity index (χ4v) is 1.59. The number of hydrazine groups is 1. The highest BCUT2D eigenvalue weighted by Gasteiger charge is 2.14. The molecule has 0 radical (unpaired) electrons. The van der Waals surface area contributed by atoms with Gasteiger partial charge in [-0.2, -0.15) is 0 Å². The minimum Gasteiger partial charge on any atom is -0.278 e. The topological polar surface area (TPSA) is 46.3 Å². The second-order valence-electron chi connectivity index (χ2n) is 4.03. The van der Waals surface area contributed by atoms with Crippen molar-refractivity contribution >= 4 is 5.91 Å². The molecule has 1 atom stereocenters. The van der Waals surface area contributed by atoms with Crippen molar-refractivity contribution in [2.45, 2.75) is 39.2 Å². The van der Waals surface area contributed by atoms with E-state index in [1.165, 1.54) is 10.6 Å². The maximum atomic E-state index is 11.4. The van der Waals surface area contributed by atoms with Crippen molar-refractivity contribution in [2.24, 2.45) is 5.84 Å². The number of carbonyl (C=O) groups excluding carboxylic acids is 1. The maximum absolute atomic E-state index is 11.4. The van der Waals surface area contributed by atoms with Gasteiger partial charge >= 0.3 is 0 Å². The van der Waals surface area contributed by atoms with Crippen LogP contribution in [0.4, 0.5) is 0 Å². The summed E-state index contributed by atoms with van der Waals surface area (Å²) in [5.41, 5.74) is 1.28. The van der Waals surface area contributed by atoms with Crippen molar-refractivity contribution in [3.05, 3.63) is 35.9 Å². The van der Waals surface area contributed by atoms with Crippen LogP contribution in [0.1, 0.15) is 32.3 Å². The molecule has 2 N–H and O–H groups in total. The number of hydrogen-bond donors (Lipinski definition) is 1. The number of rotatable bonds is 5. The Kier molecular flexibility index (Phi) is 4.99. The SMILES string of the molecule is CCC(=O)N(N)C(C)CCc1ccccc1. The molecule has 0 spiro atoms. The monoisotopic (exact) mass is 220 g/mol. The van der Waals surface area contributed by atoms with Crippen LogP contribution in [0.2, 0.25) is 0 Å². The van der Waals surface area contributed by atoms with E-state index in [9.17, 15) is 4.79 Å². The number of nitrogens with two attached hydrogens (primary N) is 1. The first-order chi connectivity index (χ1) is 7.65. The molecule has 0 aromatic heterocycles. The highest BCUT2D eigenvalue weighted by atomic mass is 16.2. The molecule has 0 saturated heterocycles. The van der Waals surface area contributed by atoms with E-state index in [-0.39, 0.29) is 11.9 Å². The van der Waals surface area contributed by atoms with Crippen molar-refractivity contribution in [3.8, 4) is 0 Å². The summed E-state index contributed by atoms with van der Waals surface area (Å²) in [6.07, 6.45) is 2.31. The lowest BCUT2D eigenvalue weighted by Gasteiger charge is -2.23. The van der Waals surface area contributed by atoms with Gasteiger partial charge < -0.3 is 0 Å². The first-order valence-corrected chi connectivity index (χ1v) is 5.75. The van der Waals surface area contributed by atoms with E-state index in [1.807, 2.05) is 32.0 Å². The van der Waals surface area contributed by atoms with Gasteiger partial charge in [0.25, 0.3) is 0 Å². The van der Waals surface area contributed by atoms with Gasteiger partial charge in [-0.15, -0.1) is 0 Å². The molecule has 0 heterocycles. The fourth-order valence-electron chi connectivity index (χ4n) is 1.59. The average Bonchev–Trinajstić information content (AvgIpc) is 2.35. The Morgan fingerprint density at radius 3 is 2.56 bits per heavy atom. The van der Waals surface area contributed by atoms with Gasteiger partial charge in [0, 0.05) is 12.5 Å². The van der Waals surface area contributed by atoms with Crippen LogP contribution in [0.25, 0.3) is 0 Å². The Balaban J connectivity index is 2.41. The van der Waals surface area contributed by atoms with Crippen LogP contribution in [0.5, 0.6) is 0 Å². The van der Waals surface area contributed by atoms with Gasteiger partial charge in [-0.1, -0.05) is 37.3 Å². The molecule has 1 unspecified atom stereocenters. The lowest BCUT2D eigenvalue weighted by molar-refractivity contribution is -0.133. The normalized spacial score (nSPS) is 12.2. The number of benzene rings is 1. The second-order valence-corrected chi connectivity index (χ2v) is 4.03. The Bertz CT molecular complexity index is 324. The Labute approximate surface area is 97.2 Å². The minimum absolute atomic E-state index is 0.000520. The molecular formula is C13H20N2O. The van der Waals surface area contributed by atoms with Gasteiger partial charge in [0.05, 0.1) is 0 Å². The number of amides is 1. The molecule has 0 saturated carbocycles. The number of carbonyl (C=O) groups is 1. The first kappa shape index (κ1) is 12.7. The third-order valence-corrected chi connectivity index (χ3v) is 2.76. The van der Waals surface area contributed by atoms with E-state index in [2.05, 4.69) is 12.1 Å². The predicted octanol–water partition coefficient (Wildman–Crippen LogP) is 2.12. The standard InChI is InChI=1S/C13H20N2O/c1-3-13(16)15(14)11(2)9-10-12-7-5-4-6-8-12/h4-8,11H,3,9-10,14H2,1-2H3. The molecular weight excluding hydrogens is 200 g/mol. The third kappa shape index (κ3) is 3.66. The van der Waals surface area contributed by atoms with Crippen molar-refractivity contribution in [3.63, 3.8) is 0 Å². The Hall–Kier alpha value is -1.35. The lowest BCUT2D eigenvalue weighted by atomic mass is 10.1. The van der Waals surface area contributed by atoms with E-state index in [4.69, 9.17) is 5.84 Å². The van der Waals surface area contributed by atoms with E-state index >= 15 is 0 Å². The van der Waals surface area contributed by atoms with E-state index in [0.717, 1.165) is 12.8 Å². The average molecular weight is 220 g/mol. The molecule has 1 rings (SSSR count). The molecule has 0 aliphatic rings. The number of aryl methyl sites for hydroxylation is 1. The summed E-state index contributed by atoms with van der Waals surface area (Å²) in [4.78, 5) is 11.4. The smallest absolute Gasteiger partial charge is 0.236 e. The quantitative estimate of drug-likeness (QED) is 0.469. The molecule has 1 amide bonds. The van der Waals surface area contributed by atoms with Gasteiger partial charge in [-0.05, 0) is 25.3 Å². The molecule has 0 bridgehead atoms. The summed E-state index contributed by atoms with van der Waals surface area (Å²) < 4.78 is 0. The van der Waals surface area contributed by atoms with E-state index in [0.29, 0.717) is 6.42 Å². The molecule has 1 aromatic carbocycles. The van der Waals surface area contributed by atoms with Gasteiger partial charge in [0.2, 0.25) is 5.91 Å². The van der Waals surface area contributed by atoms with Gasteiger partial charge in [0.15, 0.2) is 0 Å². The van der Waals surface area contributed by atoms with Crippen molar-refractivity contribution in [1.29, 1.82) is 0 Å². The van der Waals surface area contributed by atoms with Gasteiger partial charge in [-0.3, -0.25) is 9.80 Å². The van der Waals surface area contributed by atoms with Crippen LogP contribution in [0.3, 0.4) is 0 Å². The molecule has 0 aliphatic carbocycles. The summed E-state index contributed by atoms with van der Waals surface area (Å²) in [6, 6.07) is 10.3. The highest BCUT2D eigenvalue weighted by molar-refractivity contribution is 5.75. The highest BCUT2D eigenvalue weighted by Crippen LogP contribution is 2.08. The molecule has 0 fully saturated rings. The summed E-state index contributed by atoms with van der Waals surface area (Å²) in [5, 5.41) is 1.35. The molecule has 88 valence electrons. The zero-order chi connectivity index (χ0) is 12.0. The molecule has 3 heteroatoms. The number of nitrogens with zero attached hydrogens (tertiary/aromatic N) is 1. The third-order valence-electron chi connectivity index (χ3n) is 2.76. The Morgan fingerprint density at radius 1 is 1.38 bits per heavy atom. The van der Waals surface area contributed by atoms with Crippen LogP contribution in [0, 0.1) is 0 Å². The zero-order valence-corrected chi connectivity index (χ0v) is 10.0. The predicted molar refractivity (Wildman–Crippen MR) is 65.5 cm³/mol. The summed E-state index contributed by atoms with van der Waals surface area (Å²) in [5.74, 6) is 5.72. The van der Waals surface area contributed by atoms with Crippen LogP contribution in [-0.2, 0) is 11.2 Å². The van der Waals surface area contributed by atoms with Crippen molar-refractivity contribution < 1.29 is 4.79 Å². The summed E-state index contributed by atoms with van der Waals surface area (Å²) in [7, 11) is 0. The molecule has 16 heavy (non-hydrogen) atoms. The van der Waals surface area contributed by atoms with Crippen molar-refractivity contribution in [2.75, 3.05) is 0 Å². The summed E-state index contributed by atoms with van der Waals surface area (Å²) in [6.45, 7) is 3.81. The van der Waals surface area contributed by atoms with Gasteiger partial charge in [-0.25, -0.2) is 5.84 Å². The molecule has 0 aliphatic heterocycles. The van der Waals surface area contributed by atoms with Crippen molar-refractivity contribution in [1.82, 2.24) is 5.01 Å². The van der Waals surface area contributed by atoms with Crippen LogP contribution >= 0.6 is 0 Å². The lowest BCUT2D eigenvalue weighted by Crippen LogP contribution is -2.44. The van der Waals surface area contributed by atoms with E-state index < -0.39 is 0 Å². The van der Waals surface area contributed by atoms with Crippen LogP contribution in [-0.4, -0.2) is 17.0 Å². The minimum atomic E-state index is 0.000520. The molecule has 3 nitrogen and oxygen atoms in total. The fraction of sp³-hybridized carbons (Fsp3) is 0.462. The summed E-state index contributed by atoms with van der Waals surface area (Å²) >= 11 is 0. The first-order valence-electron chi connectivity index (χ1n) is 5.75. The van der Waals surface area contributed by atoms with Gasteiger partial charge in [0.1, 0.15) is 0 Å². The zero-order valence-electron chi connectivity index (χ0n) is 10.0. The largest absolute Gasteiger partial charge is 0.278 e. The maximum Gasteiger partial charge on any atom is 0.236 e.